The van der Waals surface area contributed by atoms with Crippen LogP contribution in [0.5, 0.6) is 28.7 Å². The number of aryl methyl sites for hydroxylation is 1. The summed E-state index contributed by atoms with van der Waals surface area (Å²) >= 11 is 0. The van der Waals surface area contributed by atoms with Crippen LogP contribution in [-0.4, -0.2) is 77.6 Å². The van der Waals surface area contributed by atoms with E-state index in [4.69, 9.17) is 19.9 Å². The molecular weight excluding hydrogens is 514 g/mol. The van der Waals surface area contributed by atoms with Crippen molar-refractivity contribution >= 4 is 5.91 Å². The van der Waals surface area contributed by atoms with Crippen LogP contribution in [0.2, 0.25) is 0 Å². The van der Waals surface area contributed by atoms with Crippen molar-refractivity contribution in [1.82, 2.24) is 15.1 Å². The van der Waals surface area contributed by atoms with Gasteiger partial charge in [0.05, 0.1) is 31.3 Å². The van der Waals surface area contributed by atoms with Gasteiger partial charge in [-0.1, -0.05) is 6.07 Å². The van der Waals surface area contributed by atoms with Gasteiger partial charge in [0.1, 0.15) is 11.8 Å². The Morgan fingerprint density at radius 1 is 1.23 bits per heavy atom. The number of phenolic OH excluding ortho intramolecular Hbond substituents is 2. The first-order chi connectivity index (χ1) is 19.1. The highest BCUT2D eigenvalue weighted by Crippen LogP contribution is 2.58. The number of nitrogens with two attached hydrogens (primary N) is 1. The number of carbonyl (C=O) groups excluding carboxylic acids is 1. The highest BCUT2D eigenvalue weighted by atomic mass is 16.7. The molecule has 4 heterocycles. The third kappa shape index (κ3) is 3.56. The molecule has 11 heteroatoms. The zero-order valence-electron chi connectivity index (χ0n) is 23.3. The van der Waals surface area contributed by atoms with Gasteiger partial charge in [0.25, 0.3) is 0 Å². The number of benzene rings is 2. The standard InChI is InChI=1S/C29H35N5O6/c1-12-6-15-7-17-19(9-30)34-18(23(33(17)4)21(15)25(36)26(12)38-5)8-16-22(20(34)10-32-29(37)14(3)31)28-27(39-11-40-28)13(2)24(16)35/h6,14,17-20,23,35-36H,7-8,10-11,31H2,1-5H3,(H,32,37)/t14?,17-,18?,19-,20-,23-/m0/s1. The summed E-state index contributed by atoms with van der Waals surface area (Å²) in [5, 5.41) is 36.5. The molecule has 0 aliphatic carbocycles. The summed E-state index contributed by atoms with van der Waals surface area (Å²) in [6, 6.07) is 2.02. The summed E-state index contributed by atoms with van der Waals surface area (Å²) in [6.45, 7) is 5.48. The van der Waals surface area contributed by atoms with E-state index in [1.807, 2.05) is 20.0 Å². The predicted molar refractivity (Wildman–Crippen MR) is 144 cm³/mol. The van der Waals surface area contributed by atoms with Gasteiger partial charge >= 0.3 is 0 Å². The van der Waals surface area contributed by atoms with Gasteiger partial charge in [-0.25, -0.2) is 0 Å². The van der Waals surface area contributed by atoms with Gasteiger partial charge < -0.3 is 35.5 Å². The van der Waals surface area contributed by atoms with Crippen molar-refractivity contribution < 1.29 is 29.2 Å². The van der Waals surface area contributed by atoms with E-state index in [0.29, 0.717) is 46.8 Å². The maximum Gasteiger partial charge on any atom is 0.236 e. The van der Waals surface area contributed by atoms with Gasteiger partial charge in [0.2, 0.25) is 12.7 Å². The minimum Gasteiger partial charge on any atom is -0.507 e. The monoisotopic (exact) mass is 549 g/mol. The lowest BCUT2D eigenvalue weighted by molar-refractivity contribution is -0.123. The molecule has 4 aliphatic rings. The Kier molecular flexibility index (Phi) is 6.25. The van der Waals surface area contributed by atoms with Crippen molar-refractivity contribution in [1.29, 1.82) is 5.26 Å². The lowest BCUT2D eigenvalue weighted by atomic mass is 9.71. The van der Waals surface area contributed by atoms with Crippen LogP contribution in [0.15, 0.2) is 6.07 Å². The molecule has 1 fully saturated rings. The van der Waals surface area contributed by atoms with E-state index in [0.717, 1.165) is 16.7 Å². The Labute approximate surface area is 233 Å². The number of fused-ring (bicyclic) bond motifs is 9. The minimum absolute atomic E-state index is 0.0183. The lowest BCUT2D eigenvalue weighted by Gasteiger charge is -2.60. The number of methoxy groups -OCH3 is 1. The fourth-order valence-corrected chi connectivity index (χ4v) is 7.40. The third-order valence-corrected chi connectivity index (χ3v) is 9.17. The number of nitrogens with one attached hydrogen (secondary N) is 1. The molecule has 0 radical (unpaired) electrons. The molecule has 40 heavy (non-hydrogen) atoms. The van der Waals surface area contributed by atoms with Gasteiger partial charge in [-0.05, 0) is 51.8 Å². The maximum atomic E-state index is 12.6. The number of nitriles is 1. The molecule has 2 aromatic rings. The van der Waals surface area contributed by atoms with Gasteiger partial charge in [-0.15, -0.1) is 0 Å². The molecule has 212 valence electrons. The second-order valence-corrected chi connectivity index (χ2v) is 11.3. The molecule has 2 unspecified atom stereocenters. The van der Waals surface area contributed by atoms with Gasteiger partial charge in [-0.2, -0.15) is 5.26 Å². The van der Waals surface area contributed by atoms with E-state index in [-0.39, 0.29) is 48.9 Å². The Balaban J connectivity index is 1.58. The van der Waals surface area contributed by atoms with Crippen molar-refractivity contribution in [2.24, 2.45) is 5.73 Å². The summed E-state index contributed by atoms with van der Waals surface area (Å²) in [5.74, 6) is 1.33. The molecule has 5 N–H and O–H groups in total. The number of ether oxygens (including phenoxy) is 3. The van der Waals surface area contributed by atoms with Crippen molar-refractivity contribution in [3.05, 3.63) is 39.4 Å². The third-order valence-electron chi connectivity index (χ3n) is 9.17. The highest BCUT2D eigenvalue weighted by molar-refractivity contribution is 5.81. The fraction of sp³-hybridized carbons (Fsp3) is 0.517. The van der Waals surface area contributed by atoms with E-state index in [9.17, 15) is 20.3 Å². The number of hydrogen-bond acceptors (Lipinski definition) is 10. The maximum absolute atomic E-state index is 12.6. The zero-order chi connectivity index (χ0) is 28.6. The quantitative estimate of drug-likeness (QED) is 0.443. The summed E-state index contributed by atoms with van der Waals surface area (Å²) in [4.78, 5) is 17.0. The summed E-state index contributed by atoms with van der Waals surface area (Å²) in [5.41, 5.74) is 10.4. The Hall–Kier alpha value is -3.72. The number of carbonyl (C=O) groups is 1. The van der Waals surface area contributed by atoms with Crippen molar-refractivity contribution in [3.63, 3.8) is 0 Å². The topological polar surface area (TPSA) is 154 Å². The number of phenols is 2. The molecule has 1 saturated heterocycles. The zero-order valence-corrected chi connectivity index (χ0v) is 23.3. The number of piperazine rings is 1. The summed E-state index contributed by atoms with van der Waals surface area (Å²) < 4.78 is 17.3. The molecule has 2 bridgehead atoms. The van der Waals surface area contributed by atoms with Crippen molar-refractivity contribution in [3.8, 4) is 34.8 Å². The van der Waals surface area contributed by atoms with Gasteiger partial charge in [0.15, 0.2) is 23.0 Å². The Morgan fingerprint density at radius 3 is 2.62 bits per heavy atom. The molecule has 2 aromatic carbocycles. The largest absolute Gasteiger partial charge is 0.507 e. The average Bonchev–Trinajstić information content (AvgIpc) is 3.41. The van der Waals surface area contributed by atoms with Crippen LogP contribution in [0.1, 0.15) is 52.4 Å². The first-order valence-electron chi connectivity index (χ1n) is 13.6. The SMILES string of the molecule is COc1c(C)cc2c(c1O)[C@@H]1C3Cc4c(O)c(C)c5c(c4[C@H](CNC(=O)C(C)N)N3[C@@H](C#N)[C@H](C2)N1C)OCO5. The van der Waals surface area contributed by atoms with Gasteiger partial charge in [-0.3, -0.25) is 14.6 Å². The van der Waals surface area contributed by atoms with Crippen LogP contribution in [-0.2, 0) is 17.6 Å². The summed E-state index contributed by atoms with van der Waals surface area (Å²) in [7, 11) is 3.53. The Bertz CT molecular complexity index is 1450. The minimum atomic E-state index is -0.714. The van der Waals surface area contributed by atoms with E-state index >= 15 is 0 Å². The molecule has 6 atom stereocenters. The van der Waals surface area contributed by atoms with Gasteiger partial charge in [0, 0.05) is 40.9 Å². The number of rotatable bonds is 4. The molecule has 0 aromatic heterocycles. The molecule has 4 aliphatic heterocycles. The van der Waals surface area contributed by atoms with Crippen LogP contribution >= 0.6 is 0 Å². The van der Waals surface area contributed by atoms with Crippen molar-refractivity contribution in [2.75, 3.05) is 27.5 Å². The average molecular weight is 550 g/mol. The molecular formula is C29H35N5O6. The van der Waals surface area contributed by atoms with Crippen LogP contribution in [0.3, 0.4) is 0 Å². The lowest BCUT2D eigenvalue weighted by Crippen LogP contribution is -2.68. The number of nitrogens with zero attached hydrogens (tertiary/aromatic N) is 3. The molecule has 0 saturated carbocycles. The molecule has 0 spiro atoms. The second kappa shape index (κ2) is 9.44. The van der Waals surface area contributed by atoms with E-state index in [1.165, 1.54) is 0 Å². The van der Waals surface area contributed by atoms with E-state index in [2.05, 4.69) is 21.2 Å². The first-order valence-corrected chi connectivity index (χ1v) is 13.6. The number of aromatic hydroxyl groups is 2. The number of likely N-dealkylation sites (N-methyl/N-ethyl adjacent to an activating group) is 1. The van der Waals surface area contributed by atoms with Crippen molar-refractivity contribution in [2.45, 2.75) is 69.9 Å². The first kappa shape index (κ1) is 26.5. The molecule has 1 amide bonds. The van der Waals surface area contributed by atoms with Crippen LogP contribution in [0, 0.1) is 25.2 Å². The van der Waals surface area contributed by atoms with Crippen LogP contribution in [0.4, 0.5) is 0 Å². The predicted octanol–water partition coefficient (Wildman–Crippen LogP) is 1.69. The van der Waals surface area contributed by atoms with Crippen LogP contribution in [0.25, 0.3) is 0 Å². The normalized spacial score (nSPS) is 27.2. The van der Waals surface area contributed by atoms with Crippen LogP contribution < -0.4 is 25.3 Å². The smallest absolute Gasteiger partial charge is 0.236 e. The fourth-order valence-electron chi connectivity index (χ4n) is 7.40. The number of amides is 1. The van der Waals surface area contributed by atoms with E-state index in [1.54, 1.807) is 21.0 Å². The number of hydrogen-bond donors (Lipinski definition) is 4. The summed E-state index contributed by atoms with van der Waals surface area (Å²) in [6.07, 6.45) is 0.955. The molecule has 11 nitrogen and oxygen atoms in total. The Morgan fingerprint density at radius 2 is 1.95 bits per heavy atom. The second-order valence-electron chi connectivity index (χ2n) is 11.3. The molecule has 6 rings (SSSR count). The highest BCUT2D eigenvalue weighted by Gasteiger charge is 2.56. The van der Waals surface area contributed by atoms with E-state index < -0.39 is 18.1 Å².